The van der Waals surface area contributed by atoms with Gasteiger partial charge in [0, 0.05) is 18.1 Å². The monoisotopic (exact) mass is 372 g/mol. The first-order valence-corrected chi connectivity index (χ1v) is 9.40. The Labute approximate surface area is 160 Å². The number of hydrogen-bond donors (Lipinski definition) is 1. The van der Waals surface area contributed by atoms with Crippen LogP contribution < -0.4 is 10.1 Å². The van der Waals surface area contributed by atoms with Gasteiger partial charge in [-0.15, -0.1) is 0 Å². The van der Waals surface area contributed by atoms with Crippen LogP contribution in [-0.2, 0) is 17.8 Å². The van der Waals surface area contributed by atoms with Gasteiger partial charge in [0.25, 0.3) is 0 Å². The third-order valence-corrected chi connectivity index (χ3v) is 4.96. The molecular weight excluding hydrogens is 348 g/mol. The Bertz CT molecular complexity index is 733. The predicted molar refractivity (Wildman–Crippen MR) is 105 cm³/mol. The summed E-state index contributed by atoms with van der Waals surface area (Å²) in [5, 5.41) is 3.91. The number of carbonyl (C=O) groups excluding carboxylic acids is 1. The lowest BCUT2D eigenvalue weighted by Crippen LogP contribution is -2.31. The highest BCUT2D eigenvalue weighted by Crippen LogP contribution is 2.20. The van der Waals surface area contributed by atoms with E-state index < -0.39 is 0 Å². The number of ether oxygens (including phenoxy) is 1. The van der Waals surface area contributed by atoms with Crippen molar-refractivity contribution < 1.29 is 9.53 Å². The van der Waals surface area contributed by atoms with Gasteiger partial charge in [0.05, 0.1) is 6.42 Å². The van der Waals surface area contributed by atoms with Crippen LogP contribution in [0.5, 0.6) is 5.75 Å². The van der Waals surface area contributed by atoms with Gasteiger partial charge in [-0.2, -0.15) is 0 Å². The average molecular weight is 373 g/mol. The first-order chi connectivity index (χ1) is 12.6. The molecule has 1 aliphatic rings. The highest BCUT2D eigenvalue weighted by Gasteiger charge is 2.25. The molecule has 0 aliphatic carbocycles. The summed E-state index contributed by atoms with van der Waals surface area (Å²) in [7, 11) is 1.96. The highest BCUT2D eigenvalue weighted by atomic mass is 35.5. The molecule has 0 radical (unpaired) electrons. The van der Waals surface area contributed by atoms with Gasteiger partial charge in [-0.3, -0.25) is 4.79 Å². The molecule has 1 fully saturated rings. The summed E-state index contributed by atoms with van der Waals surface area (Å²) in [5.41, 5.74) is 2.05. The fourth-order valence-electron chi connectivity index (χ4n) is 3.29. The van der Waals surface area contributed by atoms with Crippen molar-refractivity contribution in [3.63, 3.8) is 0 Å². The zero-order valence-corrected chi connectivity index (χ0v) is 15.8. The van der Waals surface area contributed by atoms with Gasteiger partial charge < -0.3 is 15.0 Å². The van der Waals surface area contributed by atoms with Gasteiger partial charge in [-0.25, -0.2) is 0 Å². The lowest BCUT2D eigenvalue weighted by molar-refractivity contribution is -0.129. The minimum absolute atomic E-state index is 0.193. The minimum Gasteiger partial charge on any atom is -0.489 e. The van der Waals surface area contributed by atoms with E-state index in [0.29, 0.717) is 24.0 Å². The second-order valence-electron chi connectivity index (χ2n) is 6.79. The van der Waals surface area contributed by atoms with E-state index >= 15 is 0 Å². The number of amides is 1. The lowest BCUT2D eigenvalue weighted by atomic mass is 10.1. The highest BCUT2D eigenvalue weighted by molar-refractivity contribution is 6.30. The van der Waals surface area contributed by atoms with Crippen molar-refractivity contribution in [1.82, 2.24) is 10.2 Å². The molecule has 3 rings (SSSR count). The molecule has 26 heavy (non-hydrogen) atoms. The summed E-state index contributed by atoms with van der Waals surface area (Å²) >= 11 is 5.90. The summed E-state index contributed by atoms with van der Waals surface area (Å²) in [4.78, 5) is 14.5. The van der Waals surface area contributed by atoms with Gasteiger partial charge in [-0.1, -0.05) is 35.9 Å². The molecule has 1 N–H and O–H groups in total. The second kappa shape index (κ2) is 9.06. The maximum absolute atomic E-state index is 12.5. The van der Waals surface area contributed by atoms with Crippen molar-refractivity contribution >= 4 is 17.5 Å². The van der Waals surface area contributed by atoms with Gasteiger partial charge >= 0.3 is 0 Å². The molecule has 1 atom stereocenters. The van der Waals surface area contributed by atoms with Crippen LogP contribution in [0, 0.1) is 5.92 Å². The Balaban J connectivity index is 1.53. The number of nitrogens with one attached hydrogen (secondary N) is 1. The number of nitrogens with zero attached hydrogens (tertiary/aromatic N) is 1. The second-order valence-corrected chi connectivity index (χ2v) is 7.23. The fourth-order valence-corrected chi connectivity index (χ4v) is 3.42. The van der Waals surface area contributed by atoms with Crippen molar-refractivity contribution in [3.05, 3.63) is 64.7 Å². The molecular formula is C21H25ClN2O2. The molecule has 1 heterocycles. The van der Waals surface area contributed by atoms with E-state index in [4.69, 9.17) is 16.3 Å². The number of likely N-dealkylation sites (tertiary alicyclic amines) is 1. The SMILES string of the molecule is CNCC1CCN(C(=O)Cc2cccc(OCc3ccc(Cl)cc3)c2)C1. The van der Waals surface area contributed by atoms with Crippen molar-refractivity contribution in [2.24, 2.45) is 5.92 Å². The molecule has 1 unspecified atom stereocenters. The van der Waals surface area contributed by atoms with Crippen LogP contribution >= 0.6 is 11.6 Å². The summed E-state index contributed by atoms with van der Waals surface area (Å²) in [5.74, 6) is 1.54. The van der Waals surface area contributed by atoms with Crippen LogP contribution in [0.15, 0.2) is 48.5 Å². The average Bonchev–Trinajstić information content (AvgIpc) is 3.11. The van der Waals surface area contributed by atoms with Crippen LogP contribution in [0.3, 0.4) is 0 Å². The van der Waals surface area contributed by atoms with Gasteiger partial charge in [0.2, 0.25) is 5.91 Å². The number of carbonyl (C=O) groups is 1. The fraction of sp³-hybridized carbons (Fsp3) is 0.381. The largest absolute Gasteiger partial charge is 0.489 e. The molecule has 0 aromatic heterocycles. The molecule has 1 aliphatic heterocycles. The molecule has 2 aromatic rings. The van der Waals surface area contributed by atoms with Crippen LogP contribution in [0.25, 0.3) is 0 Å². The molecule has 5 heteroatoms. The van der Waals surface area contributed by atoms with Gasteiger partial charge in [0.15, 0.2) is 0 Å². The normalized spacial score (nSPS) is 16.7. The van der Waals surface area contributed by atoms with E-state index in [0.717, 1.165) is 42.9 Å². The van der Waals surface area contributed by atoms with E-state index in [1.165, 1.54) is 0 Å². The van der Waals surface area contributed by atoms with Gasteiger partial charge in [0.1, 0.15) is 12.4 Å². The molecule has 1 saturated heterocycles. The minimum atomic E-state index is 0.193. The molecule has 4 nitrogen and oxygen atoms in total. The third-order valence-electron chi connectivity index (χ3n) is 4.70. The van der Waals surface area contributed by atoms with Gasteiger partial charge in [-0.05, 0) is 61.3 Å². The standard InChI is InChI=1S/C21H25ClN2O2/c1-23-13-18-9-10-24(14-18)21(25)12-17-3-2-4-20(11-17)26-15-16-5-7-19(22)8-6-16/h2-8,11,18,23H,9-10,12-15H2,1H3. The molecule has 0 saturated carbocycles. The van der Waals surface area contributed by atoms with Crippen LogP contribution in [-0.4, -0.2) is 37.5 Å². The first kappa shape index (κ1) is 18.7. The molecule has 138 valence electrons. The van der Waals surface area contributed by atoms with E-state index in [2.05, 4.69) is 5.32 Å². The predicted octanol–water partition coefficient (Wildman–Crippen LogP) is 3.53. The summed E-state index contributed by atoms with van der Waals surface area (Å²) in [6.07, 6.45) is 1.50. The van der Waals surface area contributed by atoms with E-state index in [-0.39, 0.29) is 5.91 Å². The molecule has 0 spiro atoms. The molecule has 0 bridgehead atoms. The van der Waals surface area contributed by atoms with Crippen LogP contribution in [0.2, 0.25) is 5.02 Å². The summed E-state index contributed by atoms with van der Waals surface area (Å²) in [6, 6.07) is 15.4. The third kappa shape index (κ3) is 5.23. The van der Waals surface area contributed by atoms with Crippen LogP contribution in [0.1, 0.15) is 17.5 Å². The molecule has 1 amide bonds. The number of halogens is 1. The Morgan fingerprint density at radius 2 is 2.04 bits per heavy atom. The number of benzene rings is 2. The van der Waals surface area contributed by atoms with Crippen molar-refractivity contribution in [2.75, 3.05) is 26.7 Å². The topological polar surface area (TPSA) is 41.6 Å². The lowest BCUT2D eigenvalue weighted by Gasteiger charge is -2.17. The smallest absolute Gasteiger partial charge is 0.227 e. The van der Waals surface area contributed by atoms with Crippen molar-refractivity contribution in [2.45, 2.75) is 19.4 Å². The maximum atomic E-state index is 12.5. The van der Waals surface area contributed by atoms with E-state index in [1.54, 1.807) is 0 Å². The summed E-state index contributed by atoms with van der Waals surface area (Å²) in [6.45, 7) is 3.16. The maximum Gasteiger partial charge on any atom is 0.227 e. The Morgan fingerprint density at radius 3 is 2.81 bits per heavy atom. The first-order valence-electron chi connectivity index (χ1n) is 9.02. The van der Waals surface area contributed by atoms with E-state index in [9.17, 15) is 4.79 Å². The quantitative estimate of drug-likeness (QED) is 0.808. The zero-order chi connectivity index (χ0) is 18.4. The number of hydrogen-bond acceptors (Lipinski definition) is 3. The molecule has 2 aromatic carbocycles. The van der Waals surface area contributed by atoms with Crippen LogP contribution in [0.4, 0.5) is 0 Å². The van der Waals surface area contributed by atoms with E-state index in [1.807, 2.05) is 60.5 Å². The zero-order valence-electron chi connectivity index (χ0n) is 15.1. The Hall–Kier alpha value is -2.04. The number of rotatable bonds is 7. The summed E-state index contributed by atoms with van der Waals surface area (Å²) < 4.78 is 5.85. The Kier molecular flexibility index (Phi) is 6.53. The van der Waals surface area contributed by atoms with Crippen molar-refractivity contribution in [1.29, 1.82) is 0 Å². The van der Waals surface area contributed by atoms with Crippen molar-refractivity contribution in [3.8, 4) is 5.75 Å². The Morgan fingerprint density at radius 1 is 1.23 bits per heavy atom.